The first kappa shape index (κ1) is 16.7. The quantitative estimate of drug-likeness (QED) is 0.619. The van der Waals surface area contributed by atoms with Crippen LogP contribution < -0.4 is 10.7 Å². The molecular formula is C16H29N3OS. The first-order valence-electron chi connectivity index (χ1n) is 8.28. The summed E-state index contributed by atoms with van der Waals surface area (Å²) >= 11 is 5.31. The van der Waals surface area contributed by atoms with E-state index in [0.29, 0.717) is 23.1 Å². The van der Waals surface area contributed by atoms with Crippen molar-refractivity contribution in [1.29, 1.82) is 0 Å². The maximum atomic E-state index is 5.57. The summed E-state index contributed by atoms with van der Waals surface area (Å²) in [5.74, 6) is 1.97. The lowest BCUT2D eigenvalue weighted by Crippen LogP contribution is -2.38. The maximum absolute atomic E-state index is 5.57. The third kappa shape index (κ3) is 5.22. The van der Waals surface area contributed by atoms with Crippen molar-refractivity contribution in [1.82, 2.24) is 10.7 Å². The summed E-state index contributed by atoms with van der Waals surface area (Å²) in [4.78, 5) is 0. The standard InChI is InChI=1S/C16H29N3OS/c1-11(2)14-7-6-12(3)9-15(14)18-19-16(21)17-10-13-5-4-8-20-13/h11-14H,4-10H2,1-3H3,(H2,17,19,21)/t12-,13+,14+/m1/s1. The van der Waals surface area contributed by atoms with Gasteiger partial charge in [0.2, 0.25) is 0 Å². The van der Waals surface area contributed by atoms with Crippen molar-refractivity contribution in [2.75, 3.05) is 13.2 Å². The summed E-state index contributed by atoms with van der Waals surface area (Å²) in [5.41, 5.74) is 4.32. The molecule has 2 aliphatic rings. The van der Waals surface area contributed by atoms with Crippen molar-refractivity contribution in [3.05, 3.63) is 0 Å². The van der Waals surface area contributed by atoms with Crippen LogP contribution in [0.4, 0.5) is 0 Å². The molecule has 2 N–H and O–H groups in total. The Morgan fingerprint density at radius 3 is 2.86 bits per heavy atom. The molecule has 0 amide bonds. The van der Waals surface area contributed by atoms with Gasteiger partial charge in [-0.25, -0.2) is 0 Å². The van der Waals surface area contributed by atoms with Gasteiger partial charge in [-0.3, -0.25) is 5.43 Å². The average Bonchev–Trinajstić information content (AvgIpc) is 2.96. The molecule has 5 heteroatoms. The van der Waals surface area contributed by atoms with Crippen LogP contribution in [0.1, 0.15) is 52.9 Å². The van der Waals surface area contributed by atoms with E-state index in [1.54, 1.807) is 0 Å². The van der Waals surface area contributed by atoms with Gasteiger partial charge in [0.15, 0.2) is 5.11 Å². The van der Waals surface area contributed by atoms with Crippen molar-refractivity contribution >= 4 is 23.0 Å². The number of hydrogen-bond acceptors (Lipinski definition) is 3. The third-order valence-electron chi connectivity index (χ3n) is 4.58. The Kier molecular flexibility index (Phi) is 6.42. The van der Waals surface area contributed by atoms with Crippen LogP contribution in [-0.4, -0.2) is 30.1 Å². The highest BCUT2D eigenvalue weighted by Gasteiger charge is 2.27. The first-order chi connectivity index (χ1) is 10.1. The van der Waals surface area contributed by atoms with Gasteiger partial charge in [0.25, 0.3) is 0 Å². The van der Waals surface area contributed by atoms with E-state index in [-0.39, 0.29) is 0 Å². The van der Waals surface area contributed by atoms with Crippen molar-refractivity contribution in [2.45, 2.75) is 59.0 Å². The largest absolute Gasteiger partial charge is 0.376 e. The zero-order valence-electron chi connectivity index (χ0n) is 13.5. The Bertz CT molecular complexity index is 378. The molecule has 2 fully saturated rings. The van der Waals surface area contributed by atoms with Crippen molar-refractivity contribution in [3.8, 4) is 0 Å². The molecule has 0 radical (unpaired) electrons. The molecule has 0 aromatic carbocycles. The number of ether oxygens (including phenoxy) is 1. The molecule has 0 spiro atoms. The van der Waals surface area contributed by atoms with Gasteiger partial charge in [-0.15, -0.1) is 0 Å². The fourth-order valence-electron chi connectivity index (χ4n) is 3.26. The molecule has 1 aliphatic carbocycles. The van der Waals surface area contributed by atoms with Crippen LogP contribution in [0.25, 0.3) is 0 Å². The van der Waals surface area contributed by atoms with E-state index >= 15 is 0 Å². The molecule has 1 aliphatic heterocycles. The predicted molar refractivity (Wildman–Crippen MR) is 91.5 cm³/mol. The molecule has 0 aromatic rings. The minimum absolute atomic E-state index is 0.301. The summed E-state index contributed by atoms with van der Waals surface area (Å²) in [6.45, 7) is 8.53. The Labute approximate surface area is 134 Å². The summed E-state index contributed by atoms with van der Waals surface area (Å²) in [6.07, 6.45) is 6.22. The van der Waals surface area contributed by atoms with Gasteiger partial charge in [0.05, 0.1) is 6.10 Å². The Morgan fingerprint density at radius 1 is 1.38 bits per heavy atom. The van der Waals surface area contributed by atoms with E-state index < -0.39 is 0 Å². The van der Waals surface area contributed by atoms with E-state index in [2.05, 4.69) is 36.6 Å². The van der Waals surface area contributed by atoms with Crippen LogP contribution in [0.2, 0.25) is 0 Å². The van der Waals surface area contributed by atoms with Gasteiger partial charge in [-0.2, -0.15) is 5.10 Å². The van der Waals surface area contributed by atoms with Crippen LogP contribution >= 0.6 is 12.2 Å². The van der Waals surface area contributed by atoms with Gasteiger partial charge < -0.3 is 10.1 Å². The Hall–Kier alpha value is -0.680. The molecule has 4 nitrogen and oxygen atoms in total. The smallest absolute Gasteiger partial charge is 0.187 e. The highest BCUT2D eigenvalue weighted by molar-refractivity contribution is 7.80. The summed E-state index contributed by atoms with van der Waals surface area (Å²) in [6, 6.07) is 0. The molecule has 120 valence electrons. The monoisotopic (exact) mass is 311 g/mol. The molecular weight excluding hydrogens is 282 g/mol. The Morgan fingerprint density at radius 2 is 2.19 bits per heavy atom. The van der Waals surface area contributed by atoms with Crippen LogP contribution in [0.3, 0.4) is 0 Å². The zero-order valence-corrected chi connectivity index (χ0v) is 14.3. The average molecular weight is 311 g/mol. The van der Waals surface area contributed by atoms with Gasteiger partial charge in [0.1, 0.15) is 0 Å². The SMILES string of the molecule is CC(C)[C@@H]1CC[C@@H](C)CC1=NNC(=S)NC[C@@H]1CCCO1. The molecule has 2 rings (SSSR count). The van der Waals surface area contributed by atoms with Gasteiger partial charge in [-0.1, -0.05) is 20.8 Å². The molecule has 1 saturated carbocycles. The molecule has 1 heterocycles. The summed E-state index contributed by atoms with van der Waals surface area (Å²) < 4.78 is 5.57. The van der Waals surface area contributed by atoms with Gasteiger partial charge in [-0.05, 0) is 56.2 Å². The second-order valence-corrected chi connectivity index (χ2v) is 7.21. The van der Waals surface area contributed by atoms with Crippen LogP contribution in [0, 0.1) is 17.8 Å². The number of hydrazone groups is 1. The van der Waals surface area contributed by atoms with Crippen LogP contribution in [0.5, 0.6) is 0 Å². The fraction of sp³-hybridized carbons (Fsp3) is 0.875. The predicted octanol–water partition coefficient (Wildman–Crippen LogP) is 3.08. The first-order valence-corrected chi connectivity index (χ1v) is 8.69. The second-order valence-electron chi connectivity index (χ2n) is 6.80. The molecule has 0 aromatic heterocycles. The Balaban J connectivity index is 1.80. The molecule has 0 unspecified atom stereocenters. The van der Waals surface area contributed by atoms with Crippen LogP contribution in [-0.2, 0) is 4.74 Å². The van der Waals surface area contributed by atoms with Crippen LogP contribution in [0.15, 0.2) is 5.10 Å². The van der Waals surface area contributed by atoms with Crippen molar-refractivity contribution < 1.29 is 4.74 Å². The van der Waals surface area contributed by atoms with Crippen molar-refractivity contribution in [3.63, 3.8) is 0 Å². The fourth-order valence-corrected chi connectivity index (χ4v) is 3.39. The van der Waals surface area contributed by atoms with Crippen molar-refractivity contribution in [2.24, 2.45) is 22.9 Å². The maximum Gasteiger partial charge on any atom is 0.187 e. The molecule has 3 atom stereocenters. The number of nitrogens with one attached hydrogen (secondary N) is 2. The highest BCUT2D eigenvalue weighted by Crippen LogP contribution is 2.31. The lowest BCUT2D eigenvalue weighted by molar-refractivity contribution is 0.114. The van der Waals surface area contributed by atoms with Gasteiger partial charge >= 0.3 is 0 Å². The summed E-state index contributed by atoms with van der Waals surface area (Å²) in [5, 5.41) is 8.42. The number of hydrogen-bond donors (Lipinski definition) is 2. The van der Waals surface area contributed by atoms with E-state index in [9.17, 15) is 0 Å². The number of rotatable bonds is 4. The topological polar surface area (TPSA) is 45.7 Å². The van der Waals surface area contributed by atoms with E-state index in [4.69, 9.17) is 17.0 Å². The molecule has 1 saturated heterocycles. The van der Waals surface area contributed by atoms with E-state index in [0.717, 1.165) is 38.3 Å². The normalized spacial score (nSPS) is 31.6. The lowest BCUT2D eigenvalue weighted by Gasteiger charge is -2.30. The third-order valence-corrected chi connectivity index (χ3v) is 4.81. The lowest BCUT2D eigenvalue weighted by atomic mass is 9.76. The minimum atomic E-state index is 0.301. The van der Waals surface area contributed by atoms with E-state index in [1.807, 2.05) is 0 Å². The number of nitrogens with zero attached hydrogens (tertiary/aromatic N) is 1. The molecule has 21 heavy (non-hydrogen) atoms. The zero-order chi connectivity index (χ0) is 15.2. The molecule has 0 bridgehead atoms. The second kappa shape index (κ2) is 8.08. The summed E-state index contributed by atoms with van der Waals surface area (Å²) in [7, 11) is 0. The highest BCUT2D eigenvalue weighted by atomic mass is 32.1. The minimum Gasteiger partial charge on any atom is -0.376 e. The van der Waals surface area contributed by atoms with Gasteiger partial charge in [0, 0.05) is 24.8 Å². The number of thiocarbonyl (C=S) groups is 1. The van der Waals surface area contributed by atoms with E-state index in [1.165, 1.54) is 18.6 Å².